The molecule has 2 heterocycles. The minimum Gasteiger partial charge on any atom is -0.376 e. The van der Waals surface area contributed by atoms with E-state index in [1.165, 1.54) is 23.1 Å². The molecule has 0 spiro atoms. The lowest BCUT2D eigenvalue weighted by atomic mass is 10.2. The molecule has 1 fully saturated rings. The molecule has 1 aromatic heterocycles. The standard InChI is InChI=1S/C15H18BrN3O3S3/c16-11-3-5-13(6-4-11)25(20,21)9-8-23-15-19-18-14(24-15)17-10-12-2-1-7-22-12/h3-6,12H,1-2,7-10H2,(H,17,18). The van der Waals surface area contributed by atoms with Crippen LogP contribution < -0.4 is 5.32 Å². The topological polar surface area (TPSA) is 81.2 Å². The maximum absolute atomic E-state index is 12.3. The van der Waals surface area contributed by atoms with Gasteiger partial charge >= 0.3 is 0 Å². The Morgan fingerprint density at radius 3 is 2.84 bits per heavy atom. The fraction of sp³-hybridized carbons (Fsp3) is 0.467. The van der Waals surface area contributed by atoms with E-state index in [2.05, 4.69) is 31.4 Å². The van der Waals surface area contributed by atoms with Crippen molar-refractivity contribution in [3.63, 3.8) is 0 Å². The van der Waals surface area contributed by atoms with Gasteiger partial charge in [0.25, 0.3) is 0 Å². The van der Waals surface area contributed by atoms with Crippen LogP contribution in [0.1, 0.15) is 12.8 Å². The SMILES string of the molecule is O=S(=O)(CCSc1nnc(NCC2CCCO2)s1)c1ccc(Br)cc1. The summed E-state index contributed by atoms with van der Waals surface area (Å²) in [5, 5.41) is 12.2. The van der Waals surface area contributed by atoms with Crippen LogP contribution in [0.15, 0.2) is 38.0 Å². The third-order valence-electron chi connectivity index (χ3n) is 3.66. The lowest BCUT2D eigenvalue weighted by Crippen LogP contribution is -2.18. The van der Waals surface area contributed by atoms with Crippen LogP contribution in [0.5, 0.6) is 0 Å². The number of benzene rings is 1. The summed E-state index contributed by atoms with van der Waals surface area (Å²) in [6, 6.07) is 6.69. The van der Waals surface area contributed by atoms with Crippen LogP contribution in [0.3, 0.4) is 0 Å². The van der Waals surface area contributed by atoms with E-state index in [0.29, 0.717) is 10.6 Å². The lowest BCUT2D eigenvalue weighted by molar-refractivity contribution is 0.120. The van der Waals surface area contributed by atoms with Gasteiger partial charge in [-0.3, -0.25) is 0 Å². The van der Waals surface area contributed by atoms with E-state index in [1.54, 1.807) is 24.3 Å². The Kier molecular flexibility index (Phi) is 6.73. The maximum Gasteiger partial charge on any atom is 0.206 e. The van der Waals surface area contributed by atoms with E-state index < -0.39 is 9.84 Å². The Morgan fingerprint density at radius 1 is 1.32 bits per heavy atom. The number of hydrogen-bond donors (Lipinski definition) is 1. The minimum atomic E-state index is -3.28. The number of halogens is 1. The number of nitrogens with zero attached hydrogens (tertiary/aromatic N) is 2. The predicted octanol–water partition coefficient (Wildman–Crippen LogP) is 3.46. The Labute approximate surface area is 163 Å². The van der Waals surface area contributed by atoms with Gasteiger partial charge < -0.3 is 10.1 Å². The van der Waals surface area contributed by atoms with Crippen molar-refractivity contribution in [3.8, 4) is 0 Å². The van der Waals surface area contributed by atoms with Crippen LogP contribution in [0, 0.1) is 0 Å². The van der Waals surface area contributed by atoms with Gasteiger partial charge in [0.15, 0.2) is 14.2 Å². The molecule has 0 saturated carbocycles. The van der Waals surface area contributed by atoms with Crippen molar-refractivity contribution in [2.24, 2.45) is 0 Å². The smallest absolute Gasteiger partial charge is 0.206 e. The molecule has 0 bridgehead atoms. The highest BCUT2D eigenvalue weighted by Gasteiger charge is 2.17. The fourth-order valence-electron chi connectivity index (χ4n) is 2.34. The summed E-state index contributed by atoms with van der Waals surface area (Å²) in [5.74, 6) is 0.510. The molecular formula is C15H18BrN3O3S3. The summed E-state index contributed by atoms with van der Waals surface area (Å²) in [5.41, 5.74) is 0. The average Bonchev–Trinajstić information content (AvgIpc) is 3.25. The van der Waals surface area contributed by atoms with Gasteiger partial charge in [0.2, 0.25) is 5.13 Å². The van der Waals surface area contributed by atoms with Crippen molar-refractivity contribution >= 4 is 54.0 Å². The molecule has 10 heteroatoms. The molecule has 1 aromatic carbocycles. The molecule has 1 unspecified atom stereocenters. The molecule has 1 atom stereocenters. The number of rotatable bonds is 8. The van der Waals surface area contributed by atoms with Gasteiger partial charge in [0.1, 0.15) is 0 Å². The number of sulfone groups is 1. The van der Waals surface area contributed by atoms with Crippen molar-refractivity contribution in [3.05, 3.63) is 28.7 Å². The Balaban J connectivity index is 1.46. The monoisotopic (exact) mass is 463 g/mol. The number of hydrogen-bond acceptors (Lipinski definition) is 8. The minimum absolute atomic E-state index is 0.0670. The molecule has 6 nitrogen and oxygen atoms in total. The van der Waals surface area contributed by atoms with Gasteiger partial charge in [-0.2, -0.15) is 0 Å². The van der Waals surface area contributed by atoms with Crippen LogP contribution in [0.2, 0.25) is 0 Å². The van der Waals surface area contributed by atoms with Gasteiger partial charge in [-0.05, 0) is 37.1 Å². The van der Waals surface area contributed by atoms with E-state index in [0.717, 1.165) is 39.9 Å². The number of ether oxygens (including phenoxy) is 1. The first-order chi connectivity index (χ1) is 12.0. The van der Waals surface area contributed by atoms with E-state index in [4.69, 9.17) is 4.74 Å². The molecule has 0 aliphatic carbocycles. The molecule has 0 radical (unpaired) electrons. The number of nitrogens with one attached hydrogen (secondary N) is 1. The third kappa shape index (κ3) is 5.65. The number of thioether (sulfide) groups is 1. The Hall–Kier alpha value is -0.680. The van der Waals surface area contributed by atoms with Crippen molar-refractivity contribution in [1.82, 2.24) is 10.2 Å². The van der Waals surface area contributed by atoms with Gasteiger partial charge in [0, 0.05) is 23.4 Å². The highest BCUT2D eigenvalue weighted by molar-refractivity contribution is 9.10. The zero-order valence-electron chi connectivity index (χ0n) is 13.4. The van der Waals surface area contributed by atoms with Crippen LogP contribution >= 0.6 is 39.0 Å². The van der Waals surface area contributed by atoms with Crippen molar-refractivity contribution in [1.29, 1.82) is 0 Å². The van der Waals surface area contributed by atoms with Gasteiger partial charge in [-0.15, -0.1) is 10.2 Å². The zero-order chi connectivity index (χ0) is 17.7. The molecule has 1 N–H and O–H groups in total. The number of anilines is 1. The van der Waals surface area contributed by atoms with Gasteiger partial charge in [-0.25, -0.2) is 8.42 Å². The molecule has 1 aliphatic rings. The average molecular weight is 464 g/mol. The summed E-state index contributed by atoms with van der Waals surface area (Å²) >= 11 is 6.15. The van der Waals surface area contributed by atoms with Crippen LogP contribution in [0.4, 0.5) is 5.13 Å². The zero-order valence-corrected chi connectivity index (χ0v) is 17.4. The molecule has 25 heavy (non-hydrogen) atoms. The highest BCUT2D eigenvalue weighted by Crippen LogP contribution is 2.27. The predicted molar refractivity (Wildman–Crippen MR) is 104 cm³/mol. The first-order valence-electron chi connectivity index (χ1n) is 7.83. The summed E-state index contributed by atoms with van der Waals surface area (Å²) < 4.78 is 31.8. The molecule has 1 aliphatic heterocycles. The van der Waals surface area contributed by atoms with E-state index in [9.17, 15) is 8.42 Å². The second kappa shape index (κ2) is 8.81. The first-order valence-corrected chi connectivity index (χ1v) is 12.1. The summed E-state index contributed by atoms with van der Waals surface area (Å²) in [4.78, 5) is 0.340. The second-order valence-electron chi connectivity index (χ2n) is 5.51. The fourth-order valence-corrected chi connectivity index (χ4v) is 6.09. The summed E-state index contributed by atoms with van der Waals surface area (Å²) in [6.07, 6.45) is 2.42. The quantitative estimate of drug-likeness (QED) is 0.600. The van der Waals surface area contributed by atoms with Crippen molar-refractivity contribution < 1.29 is 13.2 Å². The van der Waals surface area contributed by atoms with Crippen molar-refractivity contribution in [2.45, 2.75) is 28.2 Å². The molecule has 2 aromatic rings. The molecule has 0 amide bonds. The highest BCUT2D eigenvalue weighted by atomic mass is 79.9. The van der Waals surface area contributed by atoms with Gasteiger partial charge in [0.05, 0.1) is 16.8 Å². The first kappa shape index (κ1) is 19.1. The second-order valence-corrected chi connectivity index (χ2v) is 10.9. The molecule has 136 valence electrons. The molecular weight excluding hydrogens is 446 g/mol. The molecule has 1 saturated heterocycles. The van der Waals surface area contributed by atoms with Crippen LogP contribution in [0.25, 0.3) is 0 Å². The summed E-state index contributed by atoms with van der Waals surface area (Å²) in [7, 11) is -3.28. The third-order valence-corrected chi connectivity index (χ3v) is 8.20. The summed E-state index contributed by atoms with van der Waals surface area (Å²) in [6.45, 7) is 1.56. The van der Waals surface area contributed by atoms with E-state index in [1.807, 2.05) is 0 Å². The lowest BCUT2D eigenvalue weighted by Gasteiger charge is -2.08. The van der Waals surface area contributed by atoms with Crippen LogP contribution in [-0.2, 0) is 14.6 Å². The largest absolute Gasteiger partial charge is 0.376 e. The van der Waals surface area contributed by atoms with Crippen molar-refractivity contribution in [2.75, 3.05) is 30.0 Å². The Morgan fingerprint density at radius 2 is 2.12 bits per heavy atom. The van der Waals surface area contributed by atoms with Crippen LogP contribution in [-0.4, -0.2) is 49.4 Å². The van der Waals surface area contributed by atoms with Gasteiger partial charge in [-0.1, -0.05) is 39.0 Å². The molecule has 3 rings (SSSR count). The van der Waals surface area contributed by atoms with E-state index in [-0.39, 0.29) is 11.9 Å². The maximum atomic E-state index is 12.3. The number of aromatic nitrogens is 2. The Bertz CT molecular complexity index is 790. The normalized spacial score (nSPS) is 17.7. The van der Waals surface area contributed by atoms with E-state index >= 15 is 0 Å².